The molecular formula is C14H29N3O. The number of aliphatic hydroxyl groups excluding tert-OH is 1. The van der Waals surface area contributed by atoms with Crippen LogP contribution in [0.4, 0.5) is 0 Å². The molecule has 2 aliphatic rings. The van der Waals surface area contributed by atoms with Crippen molar-refractivity contribution in [1.82, 2.24) is 15.1 Å². The summed E-state index contributed by atoms with van der Waals surface area (Å²) in [6.45, 7) is 11.4. The molecule has 2 aliphatic heterocycles. The van der Waals surface area contributed by atoms with E-state index in [2.05, 4.69) is 29.0 Å². The Morgan fingerprint density at radius 3 is 2.78 bits per heavy atom. The Kier molecular flexibility index (Phi) is 5.01. The second kappa shape index (κ2) is 6.33. The Hall–Kier alpha value is -0.160. The van der Waals surface area contributed by atoms with Crippen LogP contribution in [0.1, 0.15) is 33.1 Å². The SMILES string of the molecule is CCN(CC)CCNC1(CO)CCN2CCCC21. The van der Waals surface area contributed by atoms with E-state index in [4.69, 9.17) is 0 Å². The first kappa shape index (κ1) is 14.3. The van der Waals surface area contributed by atoms with Crippen LogP contribution in [0, 0.1) is 0 Å². The number of likely N-dealkylation sites (N-methyl/N-ethyl adjacent to an activating group) is 1. The van der Waals surface area contributed by atoms with Crippen molar-refractivity contribution in [3.8, 4) is 0 Å². The van der Waals surface area contributed by atoms with Crippen molar-refractivity contribution in [2.24, 2.45) is 0 Å². The smallest absolute Gasteiger partial charge is 0.0629 e. The first-order chi connectivity index (χ1) is 8.75. The molecule has 0 aromatic heterocycles. The quantitative estimate of drug-likeness (QED) is 0.695. The fourth-order valence-electron chi connectivity index (χ4n) is 3.68. The average Bonchev–Trinajstić information content (AvgIpc) is 2.98. The van der Waals surface area contributed by atoms with Gasteiger partial charge in [-0.05, 0) is 38.9 Å². The maximum atomic E-state index is 9.84. The van der Waals surface area contributed by atoms with Crippen molar-refractivity contribution in [2.45, 2.75) is 44.7 Å². The summed E-state index contributed by atoms with van der Waals surface area (Å²) in [6.07, 6.45) is 3.65. The molecule has 0 aromatic carbocycles. The van der Waals surface area contributed by atoms with Gasteiger partial charge < -0.3 is 15.3 Å². The molecule has 2 rings (SSSR count). The van der Waals surface area contributed by atoms with Gasteiger partial charge in [0.25, 0.3) is 0 Å². The normalized spacial score (nSPS) is 32.3. The fourth-order valence-corrected chi connectivity index (χ4v) is 3.68. The van der Waals surface area contributed by atoms with E-state index in [1.54, 1.807) is 0 Å². The summed E-state index contributed by atoms with van der Waals surface area (Å²) in [5.41, 5.74) is -0.0242. The lowest BCUT2D eigenvalue weighted by atomic mass is 9.89. The molecule has 106 valence electrons. The molecule has 2 saturated heterocycles. The summed E-state index contributed by atoms with van der Waals surface area (Å²) in [7, 11) is 0. The third-order valence-corrected chi connectivity index (χ3v) is 4.93. The average molecular weight is 255 g/mol. The van der Waals surface area contributed by atoms with E-state index in [1.807, 2.05) is 0 Å². The summed E-state index contributed by atoms with van der Waals surface area (Å²) in [6, 6.07) is 0.569. The van der Waals surface area contributed by atoms with Gasteiger partial charge in [0.2, 0.25) is 0 Å². The minimum atomic E-state index is -0.0242. The highest BCUT2D eigenvalue weighted by molar-refractivity contribution is 5.07. The highest BCUT2D eigenvalue weighted by atomic mass is 16.3. The number of hydrogen-bond acceptors (Lipinski definition) is 4. The molecule has 0 aromatic rings. The minimum Gasteiger partial charge on any atom is -0.394 e. The fraction of sp³-hybridized carbons (Fsp3) is 1.00. The largest absolute Gasteiger partial charge is 0.394 e. The number of rotatable bonds is 7. The third-order valence-electron chi connectivity index (χ3n) is 4.93. The number of nitrogens with one attached hydrogen (secondary N) is 1. The second-order valence-corrected chi connectivity index (χ2v) is 5.71. The van der Waals surface area contributed by atoms with E-state index in [1.165, 1.54) is 19.4 Å². The monoisotopic (exact) mass is 255 g/mol. The lowest BCUT2D eigenvalue weighted by Gasteiger charge is -2.35. The van der Waals surface area contributed by atoms with E-state index in [9.17, 15) is 5.11 Å². The zero-order valence-corrected chi connectivity index (χ0v) is 12.0. The number of fused-ring (bicyclic) bond motifs is 1. The Balaban J connectivity index is 1.85. The molecule has 0 spiro atoms. The third kappa shape index (κ3) is 2.72. The maximum Gasteiger partial charge on any atom is 0.0629 e. The molecule has 2 unspecified atom stereocenters. The molecule has 0 saturated carbocycles. The molecule has 4 heteroatoms. The molecular weight excluding hydrogens is 226 g/mol. The van der Waals surface area contributed by atoms with E-state index >= 15 is 0 Å². The van der Waals surface area contributed by atoms with Crippen LogP contribution >= 0.6 is 0 Å². The summed E-state index contributed by atoms with van der Waals surface area (Å²) < 4.78 is 0. The Labute approximate surface area is 111 Å². The van der Waals surface area contributed by atoms with E-state index in [0.29, 0.717) is 6.04 Å². The standard InChI is InChI=1S/C14H29N3O/c1-3-16(4-2)11-8-15-14(12-18)7-10-17-9-5-6-13(14)17/h13,15,18H,3-12H2,1-2H3. The van der Waals surface area contributed by atoms with E-state index in [-0.39, 0.29) is 12.1 Å². The Bertz CT molecular complexity index is 257. The van der Waals surface area contributed by atoms with Crippen LogP contribution in [0.2, 0.25) is 0 Å². The van der Waals surface area contributed by atoms with Gasteiger partial charge in [0, 0.05) is 25.7 Å². The van der Waals surface area contributed by atoms with E-state index in [0.717, 1.165) is 39.1 Å². The van der Waals surface area contributed by atoms with Crippen LogP contribution < -0.4 is 5.32 Å². The van der Waals surface area contributed by atoms with Crippen LogP contribution in [0.5, 0.6) is 0 Å². The molecule has 2 atom stereocenters. The molecule has 18 heavy (non-hydrogen) atoms. The van der Waals surface area contributed by atoms with Gasteiger partial charge in [-0.1, -0.05) is 13.8 Å². The number of nitrogens with zero attached hydrogens (tertiary/aromatic N) is 2. The first-order valence-corrected chi connectivity index (χ1v) is 7.58. The summed E-state index contributed by atoms with van der Waals surface area (Å²) >= 11 is 0. The van der Waals surface area contributed by atoms with Gasteiger partial charge >= 0.3 is 0 Å². The Morgan fingerprint density at radius 2 is 2.11 bits per heavy atom. The van der Waals surface area contributed by atoms with Crippen molar-refractivity contribution in [3.05, 3.63) is 0 Å². The zero-order chi connectivity index (χ0) is 13.0. The molecule has 0 radical (unpaired) electrons. The first-order valence-electron chi connectivity index (χ1n) is 7.58. The van der Waals surface area contributed by atoms with Crippen LogP contribution in [-0.2, 0) is 0 Å². The van der Waals surface area contributed by atoms with Crippen molar-refractivity contribution in [1.29, 1.82) is 0 Å². The summed E-state index contributed by atoms with van der Waals surface area (Å²) in [5, 5.41) is 13.5. The zero-order valence-electron chi connectivity index (χ0n) is 12.0. The molecule has 2 heterocycles. The van der Waals surface area contributed by atoms with Gasteiger partial charge in [0.1, 0.15) is 0 Å². The maximum absolute atomic E-state index is 9.84. The Morgan fingerprint density at radius 1 is 1.33 bits per heavy atom. The predicted octanol–water partition coefficient (Wildman–Crippen LogP) is 0.517. The highest BCUT2D eigenvalue weighted by Gasteiger charge is 2.48. The topological polar surface area (TPSA) is 38.7 Å². The molecule has 2 N–H and O–H groups in total. The van der Waals surface area contributed by atoms with Gasteiger partial charge in [0.15, 0.2) is 0 Å². The van der Waals surface area contributed by atoms with Gasteiger partial charge in [-0.2, -0.15) is 0 Å². The molecule has 0 amide bonds. The van der Waals surface area contributed by atoms with Gasteiger partial charge in [0.05, 0.1) is 12.1 Å². The van der Waals surface area contributed by atoms with Crippen LogP contribution in [0.3, 0.4) is 0 Å². The van der Waals surface area contributed by atoms with E-state index < -0.39 is 0 Å². The highest BCUT2D eigenvalue weighted by Crippen LogP contribution is 2.35. The minimum absolute atomic E-state index is 0.0242. The van der Waals surface area contributed by atoms with Gasteiger partial charge in [-0.25, -0.2) is 0 Å². The second-order valence-electron chi connectivity index (χ2n) is 5.71. The summed E-state index contributed by atoms with van der Waals surface area (Å²) in [4.78, 5) is 4.99. The van der Waals surface area contributed by atoms with Crippen molar-refractivity contribution in [2.75, 3.05) is 45.9 Å². The van der Waals surface area contributed by atoms with Crippen LogP contribution in [0.25, 0.3) is 0 Å². The van der Waals surface area contributed by atoms with Crippen LogP contribution in [0.15, 0.2) is 0 Å². The molecule has 4 nitrogen and oxygen atoms in total. The number of aliphatic hydroxyl groups is 1. The number of hydrogen-bond donors (Lipinski definition) is 2. The van der Waals surface area contributed by atoms with Crippen molar-refractivity contribution in [3.63, 3.8) is 0 Å². The molecule has 0 aliphatic carbocycles. The lowest BCUT2D eigenvalue weighted by molar-refractivity contribution is 0.123. The van der Waals surface area contributed by atoms with Gasteiger partial charge in [-0.3, -0.25) is 4.90 Å². The lowest BCUT2D eigenvalue weighted by Crippen LogP contribution is -2.57. The molecule has 0 bridgehead atoms. The predicted molar refractivity (Wildman–Crippen MR) is 74.8 cm³/mol. The van der Waals surface area contributed by atoms with Crippen molar-refractivity contribution >= 4 is 0 Å². The molecule has 2 fully saturated rings. The van der Waals surface area contributed by atoms with Crippen LogP contribution in [-0.4, -0.2) is 72.4 Å². The van der Waals surface area contributed by atoms with Gasteiger partial charge in [-0.15, -0.1) is 0 Å². The van der Waals surface area contributed by atoms with Crippen molar-refractivity contribution < 1.29 is 5.11 Å². The summed E-state index contributed by atoms with van der Waals surface area (Å²) in [5.74, 6) is 0.